The molecule has 2 heteroatoms. The second kappa shape index (κ2) is 3.58. The van der Waals surface area contributed by atoms with E-state index in [1.165, 1.54) is 5.56 Å². The van der Waals surface area contributed by atoms with Crippen LogP contribution < -0.4 is 4.74 Å². The van der Waals surface area contributed by atoms with Crippen LogP contribution in [0.2, 0.25) is 0 Å². The molecule has 2 rings (SSSR count). The van der Waals surface area contributed by atoms with E-state index in [9.17, 15) is 0 Å². The molecule has 1 aromatic heterocycles. The van der Waals surface area contributed by atoms with Crippen LogP contribution >= 0.6 is 0 Å². The average Bonchev–Trinajstić information content (AvgIpc) is 2.64. The Bertz CT molecular complexity index is 416. The van der Waals surface area contributed by atoms with Crippen molar-refractivity contribution in [3.05, 3.63) is 47.9 Å². The minimum absolute atomic E-state index is 0.735. The van der Waals surface area contributed by atoms with Crippen LogP contribution in [0.3, 0.4) is 0 Å². The zero-order chi connectivity index (χ0) is 9.97. The highest BCUT2D eigenvalue weighted by Gasteiger charge is 2.02. The molecule has 1 heterocycles. The number of benzene rings is 1. The van der Waals surface area contributed by atoms with E-state index < -0.39 is 0 Å². The largest absolute Gasteiger partial charge is 0.469 e. The Morgan fingerprint density at radius 1 is 1.14 bits per heavy atom. The van der Waals surface area contributed by atoms with Gasteiger partial charge in [0, 0.05) is 6.07 Å². The quantitative estimate of drug-likeness (QED) is 0.717. The van der Waals surface area contributed by atoms with Gasteiger partial charge in [-0.1, -0.05) is 12.1 Å². The normalized spacial score (nSPS) is 10.1. The molecule has 0 N–H and O–H groups in total. The van der Waals surface area contributed by atoms with Gasteiger partial charge in [0.05, 0.1) is 6.26 Å². The first-order valence-electron chi connectivity index (χ1n) is 4.53. The molecule has 0 radical (unpaired) electrons. The summed E-state index contributed by atoms with van der Waals surface area (Å²) in [5, 5.41) is 0. The molecule has 0 amide bonds. The highest BCUT2D eigenvalue weighted by molar-refractivity contribution is 5.38. The van der Waals surface area contributed by atoms with E-state index in [0.29, 0.717) is 0 Å². The Labute approximate surface area is 83.1 Å². The lowest BCUT2D eigenvalue weighted by molar-refractivity contribution is 0.463. The third-order valence-corrected chi connectivity index (χ3v) is 2.07. The van der Waals surface area contributed by atoms with Gasteiger partial charge in [0.15, 0.2) is 5.75 Å². The maximum Gasteiger partial charge on any atom is 0.165 e. The summed E-state index contributed by atoms with van der Waals surface area (Å²) in [6, 6.07) is 7.92. The number of aryl methyl sites for hydroxylation is 2. The molecule has 0 saturated heterocycles. The van der Waals surface area contributed by atoms with Crippen LogP contribution in [0.5, 0.6) is 11.5 Å². The molecular weight excluding hydrogens is 176 g/mol. The molecule has 0 atom stereocenters. The van der Waals surface area contributed by atoms with Crippen LogP contribution in [0.25, 0.3) is 0 Å². The van der Waals surface area contributed by atoms with Crippen molar-refractivity contribution in [3.63, 3.8) is 0 Å². The van der Waals surface area contributed by atoms with E-state index in [1.54, 1.807) is 18.6 Å². The molecule has 2 nitrogen and oxygen atoms in total. The first kappa shape index (κ1) is 8.88. The third-order valence-electron chi connectivity index (χ3n) is 2.07. The molecule has 1 aromatic carbocycles. The van der Waals surface area contributed by atoms with Crippen molar-refractivity contribution < 1.29 is 9.15 Å². The molecule has 0 aliphatic rings. The lowest BCUT2D eigenvalue weighted by Gasteiger charge is -2.06. The minimum atomic E-state index is 0.735. The summed E-state index contributed by atoms with van der Waals surface area (Å²) in [6.45, 7) is 4.07. The summed E-state index contributed by atoms with van der Waals surface area (Å²) in [5.41, 5.74) is 2.31. The van der Waals surface area contributed by atoms with Crippen molar-refractivity contribution in [1.29, 1.82) is 0 Å². The molecule has 0 unspecified atom stereocenters. The molecule has 0 saturated carbocycles. The van der Waals surface area contributed by atoms with Gasteiger partial charge in [-0.25, -0.2) is 0 Å². The highest BCUT2D eigenvalue weighted by atomic mass is 16.5. The van der Waals surface area contributed by atoms with E-state index >= 15 is 0 Å². The van der Waals surface area contributed by atoms with Gasteiger partial charge in [-0.05, 0) is 31.0 Å². The predicted octanol–water partition coefficient (Wildman–Crippen LogP) is 3.69. The zero-order valence-corrected chi connectivity index (χ0v) is 8.28. The van der Waals surface area contributed by atoms with E-state index in [-0.39, 0.29) is 0 Å². The van der Waals surface area contributed by atoms with Gasteiger partial charge in [0.1, 0.15) is 12.0 Å². The minimum Gasteiger partial charge on any atom is -0.469 e. The van der Waals surface area contributed by atoms with Crippen molar-refractivity contribution >= 4 is 0 Å². The Hall–Kier alpha value is -1.70. The maximum absolute atomic E-state index is 5.64. The van der Waals surface area contributed by atoms with Crippen molar-refractivity contribution in [1.82, 2.24) is 0 Å². The molecule has 14 heavy (non-hydrogen) atoms. The fraction of sp³-hybridized carbons (Fsp3) is 0.167. The standard InChI is InChI=1S/C12H12O2/c1-9-3-4-10(2)12(7-9)14-11-5-6-13-8-11/h3-8H,1-2H3. The van der Waals surface area contributed by atoms with Crippen molar-refractivity contribution in [2.45, 2.75) is 13.8 Å². The van der Waals surface area contributed by atoms with E-state index in [4.69, 9.17) is 9.15 Å². The highest BCUT2D eigenvalue weighted by Crippen LogP contribution is 2.25. The molecule has 0 aliphatic carbocycles. The maximum atomic E-state index is 5.64. The Morgan fingerprint density at radius 2 is 2.00 bits per heavy atom. The lowest BCUT2D eigenvalue weighted by atomic mass is 10.1. The van der Waals surface area contributed by atoms with Crippen LogP contribution in [-0.4, -0.2) is 0 Å². The number of furan rings is 1. The molecule has 0 spiro atoms. The second-order valence-corrected chi connectivity index (χ2v) is 3.33. The summed E-state index contributed by atoms with van der Waals surface area (Å²) in [5.74, 6) is 1.62. The zero-order valence-electron chi connectivity index (χ0n) is 8.28. The number of hydrogen-bond acceptors (Lipinski definition) is 2. The number of ether oxygens (including phenoxy) is 1. The van der Waals surface area contributed by atoms with Gasteiger partial charge >= 0.3 is 0 Å². The SMILES string of the molecule is Cc1ccc(C)c(Oc2ccoc2)c1. The first-order chi connectivity index (χ1) is 6.75. The fourth-order valence-corrected chi connectivity index (χ4v) is 1.25. The molecule has 2 aromatic rings. The van der Waals surface area contributed by atoms with Crippen LogP contribution in [0.1, 0.15) is 11.1 Å². The van der Waals surface area contributed by atoms with Gasteiger partial charge in [-0.2, -0.15) is 0 Å². The van der Waals surface area contributed by atoms with E-state index in [2.05, 4.69) is 6.07 Å². The lowest BCUT2D eigenvalue weighted by Crippen LogP contribution is -1.86. The molecular formula is C12H12O2. The number of hydrogen-bond donors (Lipinski definition) is 0. The first-order valence-corrected chi connectivity index (χ1v) is 4.53. The molecule has 0 aliphatic heterocycles. The topological polar surface area (TPSA) is 22.4 Å². The van der Waals surface area contributed by atoms with E-state index in [1.807, 2.05) is 26.0 Å². The molecule has 0 bridgehead atoms. The summed E-state index contributed by atoms with van der Waals surface area (Å²) < 4.78 is 10.6. The average molecular weight is 188 g/mol. The van der Waals surface area contributed by atoms with Crippen LogP contribution in [0.4, 0.5) is 0 Å². The second-order valence-electron chi connectivity index (χ2n) is 3.33. The third kappa shape index (κ3) is 1.79. The van der Waals surface area contributed by atoms with Gasteiger partial charge in [-0.3, -0.25) is 0 Å². The Balaban J connectivity index is 2.28. The monoisotopic (exact) mass is 188 g/mol. The van der Waals surface area contributed by atoms with Crippen molar-refractivity contribution in [2.75, 3.05) is 0 Å². The Morgan fingerprint density at radius 3 is 2.71 bits per heavy atom. The van der Waals surface area contributed by atoms with E-state index in [0.717, 1.165) is 17.1 Å². The van der Waals surface area contributed by atoms with Gasteiger partial charge in [0.2, 0.25) is 0 Å². The van der Waals surface area contributed by atoms with Crippen molar-refractivity contribution in [2.24, 2.45) is 0 Å². The van der Waals surface area contributed by atoms with Gasteiger partial charge in [-0.15, -0.1) is 0 Å². The fourth-order valence-electron chi connectivity index (χ4n) is 1.25. The van der Waals surface area contributed by atoms with Gasteiger partial charge < -0.3 is 9.15 Å². The number of rotatable bonds is 2. The molecule has 0 fully saturated rings. The smallest absolute Gasteiger partial charge is 0.165 e. The van der Waals surface area contributed by atoms with Crippen LogP contribution in [0, 0.1) is 13.8 Å². The van der Waals surface area contributed by atoms with Crippen LogP contribution in [0.15, 0.2) is 41.2 Å². The summed E-state index contributed by atoms with van der Waals surface area (Å²) >= 11 is 0. The Kier molecular flexibility index (Phi) is 2.27. The predicted molar refractivity (Wildman–Crippen MR) is 54.7 cm³/mol. The van der Waals surface area contributed by atoms with Crippen LogP contribution in [-0.2, 0) is 0 Å². The molecule has 72 valence electrons. The van der Waals surface area contributed by atoms with Crippen molar-refractivity contribution in [3.8, 4) is 11.5 Å². The van der Waals surface area contributed by atoms with Gasteiger partial charge in [0.25, 0.3) is 0 Å². The summed E-state index contributed by atoms with van der Waals surface area (Å²) in [4.78, 5) is 0. The summed E-state index contributed by atoms with van der Waals surface area (Å²) in [7, 11) is 0. The summed E-state index contributed by atoms with van der Waals surface area (Å²) in [6.07, 6.45) is 3.18.